The van der Waals surface area contributed by atoms with Crippen LogP contribution >= 0.6 is 0 Å². The minimum Gasteiger partial charge on any atom is -0.379 e. The topological polar surface area (TPSA) is 49.3 Å². The number of carbonyl (C=O) groups excluding carboxylic acids is 1. The Balaban J connectivity index is 2.43. The zero-order valence-electron chi connectivity index (χ0n) is 11.2. The maximum absolute atomic E-state index is 12.6. The molecule has 1 unspecified atom stereocenters. The average Bonchev–Trinajstić information content (AvgIpc) is 2.37. The first-order valence-electron chi connectivity index (χ1n) is 6.10. The van der Waals surface area contributed by atoms with Crippen LogP contribution in [0.2, 0.25) is 0 Å². The first-order valence-corrected chi connectivity index (χ1v) is 6.10. The van der Waals surface area contributed by atoms with Gasteiger partial charge in [-0.15, -0.1) is 0 Å². The number of halogens is 4. The molecule has 0 saturated heterocycles. The first kappa shape index (κ1) is 17.2. The standard InChI is InChI=1S/C14H15F4NO2/c1-13(21,14(16,17)18)9-19-12(20)4-2-3-10-5-7-11(15)8-6-10/h2-3,5-8,21H,4,9H2,1H3,(H,19,20)/b3-2+. The first-order chi connectivity index (χ1) is 9.62. The monoisotopic (exact) mass is 305 g/mol. The van der Waals surface area contributed by atoms with Gasteiger partial charge in [-0.25, -0.2) is 4.39 Å². The average molecular weight is 305 g/mol. The number of amides is 1. The predicted molar refractivity (Wildman–Crippen MR) is 69.7 cm³/mol. The third kappa shape index (κ3) is 5.55. The van der Waals surface area contributed by atoms with E-state index in [4.69, 9.17) is 5.11 Å². The second kappa shape index (κ2) is 6.71. The smallest absolute Gasteiger partial charge is 0.379 e. The summed E-state index contributed by atoms with van der Waals surface area (Å²) in [6, 6.07) is 5.50. The van der Waals surface area contributed by atoms with Crippen LogP contribution in [0.4, 0.5) is 17.6 Å². The Hall–Kier alpha value is -1.89. The van der Waals surface area contributed by atoms with E-state index < -0.39 is 24.2 Å². The highest BCUT2D eigenvalue weighted by Crippen LogP contribution is 2.29. The SMILES string of the molecule is CC(O)(CNC(=O)C/C=C/c1ccc(F)cc1)C(F)(F)F. The fourth-order valence-corrected chi connectivity index (χ4v) is 1.32. The molecule has 3 nitrogen and oxygen atoms in total. The van der Waals surface area contributed by atoms with Gasteiger partial charge in [0.1, 0.15) is 5.82 Å². The normalized spacial score (nSPS) is 15.0. The fourth-order valence-electron chi connectivity index (χ4n) is 1.32. The minimum atomic E-state index is -4.82. The lowest BCUT2D eigenvalue weighted by Gasteiger charge is -2.26. The molecule has 0 aromatic heterocycles. The van der Waals surface area contributed by atoms with Gasteiger partial charge < -0.3 is 10.4 Å². The molecule has 0 aliphatic carbocycles. The van der Waals surface area contributed by atoms with E-state index in [-0.39, 0.29) is 12.2 Å². The molecule has 2 N–H and O–H groups in total. The van der Waals surface area contributed by atoms with Gasteiger partial charge in [0.05, 0.1) is 6.54 Å². The molecule has 0 radical (unpaired) electrons. The Kier molecular flexibility index (Phi) is 5.48. The summed E-state index contributed by atoms with van der Waals surface area (Å²) in [7, 11) is 0. The van der Waals surface area contributed by atoms with Gasteiger partial charge in [0.2, 0.25) is 5.91 Å². The quantitative estimate of drug-likeness (QED) is 0.822. The van der Waals surface area contributed by atoms with Crippen LogP contribution in [0.1, 0.15) is 18.9 Å². The molecule has 7 heteroatoms. The number of aliphatic hydroxyl groups is 1. The van der Waals surface area contributed by atoms with Gasteiger partial charge in [0.25, 0.3) is 0 Å². The molecular weight excluding hydrogens is 290 g/mol. The van der Waals surface area contributed by atoms with Gasteiger partial charge in [-0.3, -0.25) is 4.79 Å². The van der Waals surface area contributed by atoms with Gasteiger partial charge in [-0.1, -0.05) is 24.3 Å². The number of carbonyl (C=O) groups is 1. The minimum absolute atomic E-state index is 0.148. The highest BCUT2D eigenvalue weighted by atomic mass is 19.4. The molecule has 0 saturated carbocycles. The maximum atomic E-state index is 12.6. The van der Waals surface area contributed by atoms with E-state index in [2.05, 4.69) is 0 Å². The lowest BCUT2D eigenvalue weighted by Crippen LogP contribution is -2.51. The molecule has 0 bridgehead atoms. The number of alkyl halides is 3. The van der Waals surface area contributed by atoms with Crippen LogP contribution in [0.3, 0.4) is 0 Å². The molecule has 1 aromatic rings. The van der Waals surface area contributed by atoms with Crippen LogP contribution in [-0.2, 0) is 4.79 Å². The summed E-state index contributed by atoms with van der Waals surface area (Å²) in [6.45, 7) is -0.332. The third-order valence-corrected chi connectivity index (χ3v) is 2.72. The van der Waals surface area contributed by atoms with Crippen LogP contribution < -0.4 is 5.32 Å². The van der Waals surface area contributed by atoms with Gasteiger partial charge >= 0.3 is 6.18 Å². The van der Waals surface area contributed by atoms with Crippen molar-refractivity contribution in [3.8, 4) is 0 Å². The van der Waals surface area contributed by atoms with Crippen molar-refractivity contribution in [2.24, 2.45) is 0 Å². The Morgan fingerprint density at radius 1 is 1.29 bits per heavy atom. The molecule has 1 aromatic carbocycles. The Bertz CT molecular complexity index is 507. The summed E-state index contributed by atoms with van der Waals surface area (Å²) in [6.07, 6.45) is -1.98. The van der Waals surface area contributed by atoms with E-state index in [1.54, 1.807) is 6.08 Å². The van der Waals surface area contributed by atoms with Crippen molar-refractivity contribution < 1.29 is 27.5 Å². The Labute approximate surface area is 119 Å². The van der Waals surface area contributed by atoms with Gasteiger partial charge in [0, 0.05) is 6.42 Å². The predicted octanol–water partition coefficient (Wildman–Crippen LogP) is 2.66. The van der Waals surface area contributed by atoms with E-state index >= 15 is 0 Å². The zero-order valence-corrected chi connectivity index (χ0v) is 11.2. The van der Waals surface area contributed by atoms with Gasteiger partial charge in [-0.05, 0) is 24.6 Å². The van der Waals surface area contributed by atoms with Crippen LogP contribution in [-0.4, -0.2) is 29.3 Å². The molecule has 116 valence electrons. The second-order valence-electron chi connectivity index (χ2n) is 4.71. The van der Waals surface area contributed by atoms with Crippen LogP contribution in [0.15, 0.2) is 30.3 Å². The third-order valence-electron chi connectivity index (χ3n) is 2.72. The van der Waals surface area contributed by atoms with Crippen molar-refractivity contribution in [1.82, 2.24) is 5.32 Å². The van der Waals surface area contributed by atoms with Crippen molar-refractivity contribution in [3.63, 3.8) is 0 Å². The molecule has 0 spiro atoms. The maximum Gasteiger partial charge on any atom is 0.418 e. The van der Waals surface area contributed by atoms with Crippen LogP contribution in [0.5, 0.6) is 0 Å². The van der Waals surface area contributed by atoms with Crippen molar-refractivity contribution in [2.75, 3.05) is 6.54 Å². The molecule has 21 heavy (non-hydrogen) atoms. The number of benzene rings is 1. The van der Waals surface area contributed by atoms with Crippen LogP contribution in [0.25, 0.3) is 6.08 Å². The molecule has 1 rings (SSSR count). The summed E-state index contributed by atoms with van der Waals surface area (Å²) in [5, 5.41) is 11.1. The Morgan fingerprint density at radius 2 is 1.86 bits per heavy atom. The molecule has 0 heterocycles. The lowest BCUT2D eigenvalue weighted by atomic mass is 10.1. The van der Waals surface area contributed by atoms with E-state index in [1.165, 1.54) is 30.3 Å². The highest BCUT2D eigenvalue weighted by molar-refractivity contribution is 5.78. The number of hydrogen-bond acceptors (Lipinski definition) is 2. The van der Waals surface area contributed by atoms with Gasteiger partial charge in [0.15, 0.2) is 5.60 Å². The molecule has 0 fully saturated rings. The van der Waals surface area contributed by atoms with E-state index in [0.717, 1.165) is 0 Å². The van der Waals surface area contributed by atoms with Crippen molar-refractivity contribution in [3.05, 3.63) is 41.7 Å². The number of rotatable bonds is 5. The molecular formula is C14H15F4NO2. The molecule has 1 amide bonds. The molecule has 0 aliphatic heterocycles. The molecule has 1 atom stereocenters. The summed E-state index contributed by atoms with van der Waals surface area (Å²) in [5.74, 6) is -1.04. The molecule has 0 aliphatic rings. The lowest BCUT2D eigenvalue weighted by molar-refractivity contribution is -0.250. The number of nitrogens with one attached hydrogen (secondary N) is 1. The summed E-state index contributed by atoms with van der Waals surface area (Å²) >= 11 is 0. The highest BCUT2D eigenvalue weighted by Gasteiger charge is 2.49. The van der Waals surface area contributed by atoms with Crippen molar-refractivity contribution in [2.45, 2.75) is 25.1 Å². The van der Waals surface area contributed by atoms with E-state index in [1.807, 2.05) is 5.32 Å². The Morgan fingerprint density at radius 3 is 2.38 bits per heavy atom. The fraction of sp³-hybridized carbons (Fsp3) is 0.357. The van der Waals surface area contributed by atoms with Crippen molar-refractivity contribution in [1.29, 1.82) is 0 Å². The summed E-state index contributed by atoms with van der Waals surface area (Å²) < 4.78 is 49.7. The summed E-state index contributed by atoms with van der Waals surface area (Å²) in [5.41, 5.74) is -2.31. The van der Waals surface area contributed by atoms with E-state index in [9.17, 15) is 22.4 Å². The van der Waals surface area contributed by atoms with Crippen LogP contribution in [0, 0.1) is 5.82 Å². The van der Waals surface area contributed by atoms with Gasteiger partial charge in [-0.2, -0.15) is 13.2 Å². The summed E-state index contributed by atoms with van der Waals surface area (Å²) in [4.78, 5) is 11.4. The largest absolute Gasteiger partial charge is 0.418 e. The van der Waals surface area contributed by atoms with Crippen molar-refractivity contribution >= 4 is 12.0 Å². The van der Waals surface area contributed by atoms with E-state index in [0.29, 0.717) is 12.5 Å². The second-order valence-corrected chi connectivity index (χ2v) is 4.71. The number of hydrogen-bond donors (Lipinski definition) is 2. The zero-order chi connectivity index (χ0) is 16.1.